The summed E-state index contributed by atoms with van der Waals surface area (Å²) in [5.41, 5.74) is 1.32. The number of thioether (sulfide) groups is 1. The fraction of sp³-hybridized carbons (Fsp3) is 0.312. The van der Waals surface area contributed by atoms with E-state index in [2.05, 4.69) is 27.4 Å². The number of benzene rings is 1. The molecule has 2 aromatic rings. The molecule has 0 spiro atoms. The van der Waals surface area contributed by atoms with Gasteiger partial charge in [0.05, 0.1) is 5.25 Å². The molecular weight excluding hydrogens is 366 g/mol. The molecular formula is C16H16BrNOS2. The molecule has 0 aliphatic carbocycles. The molecule has 110 valence electrons. The van der Waals surface area contributed by atoms with Crippen molar-refractivity contribution in [3.05, 3.63) is 50.6 Å². The number of fused-ring (bicyclic) bond motifs is 1. The van der Waals surface area contributed by atoms with Gasteiger partial charge in [-0.15, -0.1) is 23.1 Å². The van der Waals surface area contributed by atoms with Gasteiger partial charge < -0.3 is 4.90 Å². The van der Waals surface area contributed by atoms with Crippen LogP contribution in [0.15, 0.2) is 45.1 Å². The fourth-order valence-corrected chi connectivity index (χ4v) is 4.57. The summed E-state index contributed by atoms with van der Waals surface area (Å²) in [6, 6.07) is 10.3. The molecule has 1 amide bonds. The van der Waals surface area contributed by atoms with E-state index in [4.69, 9.17) is 0 Å². The van der Waals surface area contributed by atoms with Crippen LogP contribution < -0.4 is 0 Å². The van der Waals surface area contributed by atoms with Crippen molar-refractivity contribution >= 4 is 44.9 Å². The Morgan fingerprint density at radius 1 is 1.33 bits per heavy atom. The van der Waals surface area contributed by atoms with E-state index in [9.17, 15) is 4.79 Å². The first-order valence-electron chi connectivity index (χ1n) is 6.90. The van der Waals surface area contributed by atoms with Crippen LogP contribution >= 0.6 is 39.0 Å². The number of rotatable bonds is 3. The lowest BCUT2D eigenvalue weighted by atomic mass is 10.1. The van der Waals surface area contributed by atoms with Gasteiger partial charge in [-0.1, -0.05) is 15.9 Å². The summed E-state index contributed by atoms with van der Waals surface area (Å²) >= 11 is 6.86. The van der Waals surface area contributed by atoms with Crippen LogP contribution in [0.4, 0.5) is 0 Å². The Kier molecular flexibility index (Phi) is 4.72. The van der Waals surface area contributed by atoms with E-state index in [-0.39, 0.29) is 11.2 Å². The van der Waals surface area contributed by atoms with Crippen LogP contribution in [0, 0.1) is 0 Å². The van der Waals surface area contributed by atoms with Crippen molar-refractivity contribution in [2.24, 2.45) is 0 Å². The molecule has 1 unspecified atom stereocenters. The van der Waals surface area contributed by atoms with Crippen LogP contribution in [0.3, 0.4) is 0 Å². The summed E-state index contributed by atoms with van der Waals surface area (Å²) in [6.45, 7) is 3.61. The van der Waals surface area contributed by atoms with Crippen molar-refractivity contribution in [1.29, 1.82) is 0 Å². The minimum atomic E-state index is -0.0497. The lowest BCUT2D eigenvalue weighted by Crippen LogP contribution is -2.39. The molecule has 0 saturated heterocycles. The first-order chi connectivity index (χ1) is 10.1. The predicted octanol–water partition coefficient (Wildman–Crippen LogP) is 4.58. The number of halogens is 1. The fourth-order valence-electron chi connectivity index (χ4n) is 2.46. The highest BCUT2D eigenvalue weighted by Crippen LogP contribution is 2.29. The minimum Gasteiger partial charge on any atom is -0.337 e. The summed E-state index contributed by atoms with van der Waals surface area (Å²) in [6.07, 6.45) is 0.994. The number of hydrogen-bond donors (Lipinski definition) is 0. The minimum absolute atomic E-state index is 0.0497. The summed E-state index contributed by atoms with van der Waals surface area (Å²) in [7, 11) is 0. The third-order valence-corrected chi connectivity index (χ3v) is 6.24. The highest BCUT2D eigenvalue weighted by Gasteiger charge is 2.25. The molecule has 5 heteroatoms. The molecule has 0 N–H and O–H groups in total. The van der Waals surface area contributed by atoms with Gasteiger partial charge in [0.1, 0.15) is 0 Å². The van der Waals surface area contributed by atoms with E-state index >= 15 is 0 Å². The molecule has 0 radical (unpaired) electrons. The van der Waals surface area contributed by atoms with Crippen LogP contribution in [0.5, 0.6) is 0 Å². The Labute approximate surface area is 141 Å². The largest absolute Gasteiger partial charge is 0.337 e. The molecule has 1 aromatic carbocycles. The SMILES string of the molecule is CC(Sc1ccc(Br)cc1)C(=O)N1CCc2sccc2C1. The lowest BCUT2D eigenvalue weighted by Gasteiger charge is -2.29. The molecule has 1 atom stereocenters. The van der Waals surface area contributed by atoms with Crippen molar-refractivity contribution in [3.8, 4) is 0 Å². The summed E-state index contributed by atoms with van der Waals surface area (Å²) in [5.74, 6) is 0.236. The van der Waals surface area contributed by atoms with Crippen molar-refractivity contribution in [3.63, 3.8) is 0 Å². The Bertz CT molecular complexity index is 638. The van der Waals surface area contributed by atoms with Gasteiger partial charge in [-0.05, 0) is 54.6 Å². The number of carbonyl (C=O) groups is 1. The summed E-state index contributed by atoms with van der Waals surface area (Å²) in [5, 5.41) is 2.07. The maximum Gasteiger partial charge on any atom is 0.236 e. The number of amides is 1. The summed E-state index contributed by atoms with van der Waals surface area (Å²) in [4.78, 5) is 17.2. The van der Waals surface area contributed by atoms with E-state index in [1.54, 1.807) is 23.1 Å². The van der Waals surface area contributed by atoms with Gasteiger partial charge in [-0.2, -0.15) is 0 Å². The van der Waals surface area contributed by atoms with Gasteiger partial charge >= 0.3 is 0 Å². The van der Waals surface area contributed by atoms with Gasteiger partial charge in [-0.3, -0.25) is 4.79 Å². The first-order valence-corrected chi connectivity index (χ1v) is 9.45. The van der Waals surface area contributed by atoms with E-state index in [0.29, 0.717) is 0 Å². The monoisotopic (exact) mass is 381 g/mol. The van der Waals surface area contributed by atoms with Gasteiger partial charge in [0.2, 0.25) is 5.91 Å². The van der Waals surface area contributed by atoms with Gasteiger partial charge in [-0.25, -0.2) is 0 Å². The van der Waals surface area contributed by atoms with E-state index in [0.717, 1.165) is 28.9 Å². The van der Waals surface area contributed by atoms with E-state index in [1.165, 1.54) is 10.4 Å². The van der Waals surface area contributed by atoms with Crippen LogP contribution in [-0.2, 0) is 17.8 Å². The predicted molar refractivity (Wildman–Crippen MR) is 92.9 cm³/mol. The molecule has 1 aliphatic rings. The average Bonchev–Trinajstić information content (AvgIpc) is 2.96. The Morgan fingerprint density at radius 2 is 2.10 bits per heavy atom. The van der Waals surface area contributed by atoms with Crippen molar-refractivity contribution in [1.82, 2.24) is 4.90 Å². The molecule has 0 fully saturated rings. The quantitative estimate of drug-likeness (QED) is 0.725. The molecule has 21 heavy (non-hydrogen) atoms. The Morgan fingerprint density at radius 3 is 2.86 bits per heavy atom. The zero-order chi connectivity index (χ0) is 14.8. The molecule has 1 aliphatic heterocycles. The second-order valence-corrected chi connectivity index (χ2v) is 8.42. The molecule has 3 rings (SSSR count). The van der Waals surface area contributed by atoms with Crippen LogP contribution in [0.2, 0.25) is 0 Å². The van der Waals surface area contributed by atoms with Crippen LogP contribution in [0.25, 0.3) is 0 Å². The third kappa shape index (κ3) is 3.52. The van der Waals surface area contributed by atoms with Gasteiger partial charge in [0, 0.05) is 27.3 Å². The van der Waals surface area contributed by atoms with Crippen molar-refractivity contribution in [2.75, 3.05) is 6.54 Å². The molecule has 2 nitrogen and oxygen atoms in total. The lowest BCUT2D eigenvalue weighted by molar-refractivity contribution is -0.131. The zero-order valence-electron chi connectivity index (χ0n) is 11.7. The Hall–Kier alpha value is -0.780. The highest BCUT2D eigenvalue weighted by atomic mass is 79.9. The third-order valence-electron chi connectivity index (χ3n) is 3.59. The van der Waals surface area contributed by atoms with Gasteiger partial charge in [0.25, 0.3) is 0 Å². The number of thiophene rings is 1. The van der Waals surface area contributed by atoms with E-state index in [1.807, 2.05) is 36.1 Å². The number of nitrogens with zero attached hydrogens (tertiary/aromatic N) is 1. The standard InChI is InChI=1S/C16H16BrNOS2/c1-11(21-14-4-2-13(17)3-5-14)16(19)18-8-6-15-12(10-18)7-9-20-15/h2-5,7,9,11H,6,8,10H2,1H3. The number of hydrogen-bond acceptors (Lipinski definition) is 3. The average molecular weight is 382 g/mol. The number of carbonyl (C=O) groups excluding carboxylic acids is 1. The van der Waals surface area contributed by atoms with Crippen LogP contribution in [0.1, 0.15) is 17.4 Å². The molecule has 1 aromatic heterocycles. The maximum absolute atomic E-state index is 12.6. The Balaban J connectivity index is 1.64. The van der Waals surface area contributed by atoms with Crippen LogP contribution in [-0.4, -0.2) is 22.6 Å². The summed E-state index contributed by atoms with van der Waals surface area (Å²) < 4.78 is 1.06. The van der Waals surface area contributed by atoms with E-state index < -0.39 is 0 Å². The topological polar surface area (TPSA) is 20.3 Å². The van der Waals surface area contributed by atoms with Crippen molar-refractivity contribution < 1.29 is 4.79 Å². The smallest absolute Gasteiger partial charge is 0.236 e. The highest BCUT2D eigenvalue weighted by molar-refractivity contribution is 9.10. The van der Waals surface area contributed by atoms with Gasteiger partial charge in [0.15, 0.2) is 0 Å². The second kappa shape index (κ2) is 6.55. The van der Waals surface area contributed by atoms with Crippen molar-refractivity contribution in [2.45, 2.75) is 30.0 Å². The zero-order valence-corrected chi connectivity index (χ0v) is 14.9. The first kappa shape index (κ1) is 15.1. The maximum atomic E-state index is 12.6. The molecule has 0 bridgehead atoms. The molecule has 0 saturated carbocycles. The normalized spacial score (nSPS) is 15.6. The molecule has 2 heterocycles. The second-order valence-electron chi connectivity index (χ2n) is 5.09.